The molecule has 1 fully saturated rings. The van der Waals surface area contributed by atoms with Crippen LogP contribution in [0.3, 0.4) is 0 Å². The van der Waals surface area contributed by atoms with Gasteiger partial charge >= 0.3 is 0 Å². The molecule has 0 spiro atoms. The zero-order chi connectivity index (χ0) is 22.3. The highest BCUT2D eigenvalue weighted by molar-refractivity contribution is 7.92. The second kappa shape index (κ2) is 10.6. The van der Waals surface area contributed by atoms with E-state index < -0.39 is 10.0 Å². The highest BCUT2D eigenvalue weighted by atomic mass is 32.2. The number of anilines is 1. The molecule has 0 bridgehead atoms. The molecule has 0 aliphatic carbocycles. The van der Waals surface area contributed by atoms with Crippen molar-refractivity contribution in [2.75, 3.05) is 44.8 Å². The van der Waals surface area contributed by atoms with Crippen LogP contribution < -0.4 is 9.62 Å². The van der Waals surface area contributed by atoms with E-state index in [1.54, 1.807) is 7.05 Å². The molecule has 0 saturated carbocycles. The number of amides is 1. The van der Waals surface area contributed by atoms with E-state index in [0.717, 1.165) is 54.1 Å². The van der Waals surface area contributed by atoms with Gasteiger partial charge in [0.1, 0.15) is 0 Å². The highest BCUT2D eigenvalue weighted by Gasteiger charge is 2.14. The number of sulfonamides is 1. The monoisotopic (exact) mass is 443 g/mol. The zero-order valence-corrected chi connectivity index (χ0v) is 18.8. The summed E-state index contributed by atoms with van der Waals surface area (Å²) in [5.74, 6) is -0.301. The molecule has 0 radical (unpaired) electrons. The maximum Gasteiger partial charge on any atom is 0.237 e. The van der Waals surface area contributed by atoms with Gasteiger partial charge in [-0.05, 0) is 36.3 Å². The number of nitrogens with zero attached hydrogens (tertiary/aromatic N) is 2. The lowest BCUT2D eigenvalue weighted by atomic mass is 10.1. The Morgan fingerprint density at radius 3 is 2.39 bits per heavy atom. The Hall–Kier alpha value is -2.68. The Kier molecular flexibility index (Phi) is 7.84. The molecule has 166 valence electrons. The van der Waals surface area contributed by atoms with Gasteiger partial charge in [0.25, 0.3) is 0 Å². The smallest absolute Gasteiger partial charge is 0.237 e. The first-order valence-electron chi connectivity index (χ1n) is 10.2. The largest absolute Gasteiger partial charge is 0.378 e. The molecule has 8 heteroatoms. The van der Waals surface area contributed by atoms with Crippen LogP contribution in [0.15, 0.2) is 53.9 Å². The van der Waals surface area contributed by atoms with Crippen molar-refractivity contribution in [3.05, 3.63) is 70.6 Å². The topological polar surface area (TPSA) is 79.0 Å². The molecule has 1 N–H and O–H groups in total. The van der Waals surface area contributed by atoms with E-state index in [0.29, 0.717) is 6.54 Å². The molecule has 31 heavy (non-hydrogen) atoms. The maximum atomic E-state index is 12.4. The summed E-state index contributed by atoms with van der Waals surface area (Å²) in [6, 6.07) is 15.5. The fourth-order valence-electron chi connectivity index (χ4n) is 3.19. The van der Waals surface area contributed by atoms with Crippen LogP contribution in [-0.4, -0.2) is 59.1 Å². The molecule has 0 atom stereocenters. The number of hydrogen-bond donors (Lipinski definition) is 1. The van der Waals surface area contributed by atoms with Crippen LogP contribution in [0.1, 0.15) is 16.7 Å². The number of nitrogens with one attached hydrogen (secondary N) is 1. The molecule has 2 aromatic carbocycles. The van der Waals surface area contributed by atoms with Crippen LogP contribution >= 0.6 is 0 Å². The third-order valence-corrected chi connectivity index (χ3v) is 6.14. The van der Waals surface area contributed by atoms with E-state index in [4.69, 9.17) is 4.74 Å². The summed E-state index contributed by atoms with van der Waals surface area (Å²) in [6.45, 7) is 5.29. The first-order valence-corrected chi connectivity index (χ1v) is 11.8. The summed E-state index contributed by atoms with van der Waals surface area (Å²) in [5, 5.41) is 1.08. The number of likely N-dealkylation sites (N-methyl/N-ethyl adjacent to an activating group) is 1. The highest BCUT2D eigenvalue weighted by Crippen LogP contribution is 2.17. The van der Waals surface area contributed by atoms with E-state index in [1.807, 2.05) is 55.5 Å². The van der Waals surface area contributed by atoms with Crippen LogP contribution in [0.25, 0.3) is 6.08 Å². The van der Waals surface area contributed by atoms with Crippen LogP contribution in [0.4, 0.5) is 5.69 Å². The van der Waals surface area contributed by atoms with Crippen LogP contribution in [0, 0.1) is 6.92 Å². The van der Waals surface area contributed by atoms with Gasteiger partial charge in [-0.15, -0.1) is 0 Å². The molecular weight excluding hydrogens is 414 g/mol. The second-order valence-electron chi connectivity index (χ2n) is 7.60. The molecule has 1 aliphatic heterocycles. The van der Waals surface area contributed by atoms with Gasteiger partial charge < -0.3 is 14.5 Å². The normalized spacial score (nSPS) is 14.7. The lowest BCUT2D eigenvalue weighted by Crippen LogP contribution is -2.37. The summed E-state index contributed by atoms with van der Waals surface area (Å²) in [6.07, 6.45) is 1.51. The molecular formula is C23H29N3O4S. The van der Waals surface area contributed by atoms with Crippen LogP contribution in [0.5, 0.6) is 0 Å². The Morgan fingerprint density at radius 2 is 1.74 bits per heavy atom. The Labute approximate surface area is 184 Å². The number of carbonyl (C=O) groups excluding carboxylic acids is 1. The molecule has 0 aromatic heterocycles. The van der Waals surface area contributed by atoms with Crippen molar-refractivity contribution in [3.63, 3.8) is 0 Å². The minimum atomic E-state index is -3.70. The van der Waals surface area contributed by atoms with E-state index in [1.165, 1.54) is 11.0 Å². The molecule has 2 aromatic rings. The van der Waals surface area contributed by atoms with E-state index in [-0.39, 0.29) is 12.5 Å². The minimum absolute atomic E-state index is 0.289. The van der Waals surface area contributed by atoms with Crippen LogP contribution in [0.2, 0.25) is 0 Å². The van der Waals surface area contributed by atoms with Crippen LogP contribution in [-0.2, 0) is 26.1 Å². The molecule has 1 saturated heterocycles. The summed E-state index contributed by atoms with van der Waals surface area (Å²) in [4.78, 5) is 16.1. The average molecular weight is 444 g/mol. The van der Waals surface area contributed by atoms with E-state index in [2.05, 4.69) is 9.62 Å². The van der Waals surface area contributed by atoms with Gasteiger partial charge in [-0.3, -0.25) is 4.79 Å². The average Bonchev–Trinajstić information content (AvgIpc) is 2.78. The standard InChI is InChI=1S/C23H29N3O4S/c1-19-3-5-20(6-4-19)11-16-31(28,29)24-17-23(27)25(2)18-21-7-9-22(10-8-21)26-12-14-30-15-13-26/h3-11,16,24H,12-15,17-18H2,1-2H3/b16-11+. The number of rotatable bonds is 8. The summed E-state index contributed by atoms with van der Waals surface area (Å²) < 4.78 is 32.0. The minimum Gasteiger partial charge on any atom is -0.378 e. The van der Waals surface area contributed by atoms with Gasteiger partial charge in [-0.1, -0.05) is 42.0 Å². The van der Waals surface area contributed by atoms with Gasteiger partial charge in [0.2, 0.25) is 15.9 Å². The summed E-state index contributed by atoms with van der Waals surface area (Å²) in [7, 11) is -2.04. The Bertz CT molecular complexity index is 996. The van der Waals surface area contributed by atoms with Crippen molar-refractivity contribution in [3.8, 4) is 0 Å². The van der Waals surface area contributed by atoms with E-state index >= 15 is 0 Å². The molecule has 1 heterocycles. The molecule has 7 nitrogen and oxygen atoms in total. The van der Waals surface area contributed by atoms with Gasteiger partial charge in [0.15, 0.2) is 0 Å². The van der Waals surface area contributed by atoms with Crippen molar-refractivity contribution < 1.29 is 17.9 Å². The number of hydrogen-bond acceptors (Lipinski definition) is 5. The molecule has 0 unspecified atom stereocenters. The number of aryl methyl sites for hydroxylation is 1. The van der Waals surface area contributed by atoms with E-state index in [9.17, 15) is 13.2 Å². The third-order valence-electron chi connectivity index (χ3n) is 5.10. The zero-order valence-electron chi connectivity index (χ0n) is 18.0. The van der Waals surface area contributed by atoms with Gasteiger partial charge in [-0.2, -0.15) is 0 Å². The predicted octanol–water partition coefficient (Wildman–Crippen LogP) is 2.38. The van der Waals surface area contributed by atoms with Gasteiger partial charge in [0.05, 0.1) is 19.8 Å². The third kappa shape index (κ3) is 7.20. The first-order chi connectivity index (χ1) is 14.8. The number of carbonyl (C=O) groups is 1. The number of benzene rings is 2. The fourth-order valence-corrected chi connectivity index (χ4v) is 3.94. The predicted molar refractivity (Wildman–Crippen MR) is 123 cm³/mol. The lowest BCUT2D eigenvalue weighted by molar-refractivity contribution is -0.129. The molecule has 1 amide bonds. The van der Waals surface area contributed by atoms with Crippen molar-refractivity contribution >= 4 is 27.7 Å². The summed E-state index contributed by atoms with van der Waals surface area (Å²) >= 11 is 0. The first kappa shape index (κ1) is 23.0. The van der Waals surface area contributed by atoms with Gasteiger partial charge in [-0.25, -0.2) is 13.1 Å². The Balaban J connectivity index is 1.48. The second-order valence-corrected chi connectivity index (χ2v) is 9.25. The van der Waals surface area contributed by atoms with Crippen molar-refractivity contribution in [1.82, 2.24) is 9.62 Å². The molecule has 3 rings (SSSR count). The quantitative estimate of drug-likeness (QED) is 0.678. The van der Waals surface area contributed by atoms with Crippen molar-refractivity contribution in [1.29, 1.82) is 0 Å². The maximum absolute atomic E-state index is 12.4. The fraction of sp³-hybridized carbons (Fsp3) is 0.348. The Morgan fingerprint density at radius 1 is 1.10 bits per heavy atom. The van der Waals surface area contributed by atoms with Crippen molar-refractivity contribution in [2.45, 2.75) is 13.5 Å². The van der Waals surface area contributed by atoms with Gasteiger partial charge in [0, 0.05) is 37.8 Å². The molecule has 1 aliphatic rings. The number of morpholine rings is 1. The summed E-state index contributed by atoms with van der Waals surface area (Å²) in [5.41, 5.74) is 3.99. The SMILES string of the molecule is Cc1ccc(/C=C/S(=O)(=O)NCC(=O)N(C)Cc2ccc(N3CCOCC3)cc2)cc1. The number of ether oxygens (including phenoxy) is 1. The van der Waals surface area contributed by atoms with Crippen molar-refractivity contribution in [2.24, 2.45) is 0 Å². The lowest BCUT2D eigenvalue weighted by Gasteiger charge is -2.29.